The Kier molecular flexibility index (Phi) is 4.96. The van der Waals surface area contributed by atoms with Crippen molar-refractivity contribution in [1.29, 1.82) is 0 Å². The first kappa shape index (κ1) is 18.6. The first-order valence-electron chi connectivity index (χ1n) is 9.16. The topological polar surface area (TPSA) is 41.9 Å². The van der Waals surface area contributed by atoms with E-state index < -0.39 is 0 Å². The lowest BCUT2D eigenvalue weighted by molar-refractivity contribution is -0.113. The van der Waals surface area contributed by atoms with Crippen molar-refractivity contribution in [2.75, 3.05) is 12.0 Å². The maximum atomic E-state index is 13.4. The molecule has 0 aromatic heterocycles. The normalized spacial score (nSPS) is 15.0. The first-order chi connectivity index (χ1) is 14.0. The lowest BCUT2D eigenvalue weighted by atomic mass is 10.1. The molecule has 144 valence electrons. The maximum absolute atomic E-state index is 13.4. The molecule has 1 heterocycles. The van der Waals surface area contributed by atoms with Gasteiger partial charge in [0.15, 0.2) is 0 Å². The largest absolute Gasteiger partial charge is 0.497 e. The number of halogens is 1. The van der Waals surface area contributed by atoms with Crippen molar-refractivity contribution in [2.45, 2.75) is 6.92 Å². The Morgan fingerprint density at radius 2 is 1.59 bits per heavy atom. The molecule has 1 aliphatic heterocycles. The Balaban J connectivity index is 1.79. The zero-order valence-electron chi connectivity index (χ0n) is 16.1. The highest BCUT2D eigenvalue weighted by molar-refractivity contribution is 6.33. The van der Waals surface area contributed by atoms with Gasteiger partial charge in [-0.05, 0) is 67.1 Å². The number of aliphatic imine (C=N–C) groups is 1. The zero-order valence-corrected chi connectivity index (χ0v) is 16.1. The van der Waals surface area contributed by atoms with Crippen molar-refractivity contribution in [2.24, 2.45) is 4.99 Å². The zero-order chi connectivity index (χ0) is 20.4. The van der Waals surface area contributed by atoms with E-state index in [-0.39, 0.29) is 11.7 Å². The Labute approximate surface area is 168 Å². The highest BCUT2D eigenvalue weighted by Crippen LogP contribution is 2.28. The summed E-state index contributed by atoms with van der Waals surface area (Å²) >= 11 is 0. The SMILES string of the molecule is COc1ccc(C2=N/C(=C/c3ccc(C)cc3)C(=O)N2c2ccc(F)cc2)cc1. The Bertz CT molecular complexity index is 1100. The second kappa shape index (κ2) is 7.72. The van der Waals surface area contributed by atoms with E-state index in [0.29, 0.717) is 23.0 Å². The lowest BCUT2D eigenvalue weighted by Crippen LogP contribution is -2.32. The first-order valence-corrected chi connectivity index (χ1v) is 9.16. The highest BCUT2D eigenvalue weighted by atomic mass is 19.1. The summed E-state index contributed by atoms with van der Waals surface area (Å²) in [5, 5.41) is 0. The number of nitrogens with zero attached hydrogens (tertiary/aromatic N) is 2. The molecule has 4 rings (SSSR count). The molecule has 29 heavy (non-hydrogen) atoms. The summed E-state index contributed by atoms with van der Waals surface area (Å²) in [4.78, 5) is 19.3. The third-order valence-electron chi connectivity index (χ3n) is 4.67. The van der Waals surface area contributed by atoms with E-state index in [9.17, 15) is 9.18 Å². The van der Waals surface area contributed by atoms with Gasteiger partial charge in [0.2, 0.25) is 0 Å². The van der Waals surface area contributed by atoms with Gasteiger partial charge in [-0.25, -0.2) is 9.38 Å². The predicted molar refractivity (Wildman–Crippen MR) is 113 cm³/mol. The van der Waals surface area contributed by atoms with Crippen LogP contribution in [0.3, 0.4) is 0 Å². The Hall–Kier alpha value is -3.73. The molecule has 0 saturated carbocycles. The number of methoxy groups -OCH3 is 1. The van der Waals surface area contributed by atoms with Crippen LogP contribution in [0.25, 0.3) is 6.08 Å². The van der Waals surface area contributed by atoms with Gasteiger partial charge in [0.05, 0.1) is 12.8 Å². The molecule has 0 radical (unpaired) electrons. The van der Waals surface area contributed by atoms with Gasteiger partial charge in [0, 0.05) is 5.56 Å². The fourth-order valence-corrected chi connectivity index (χ4v) is 3.10. The van der Waals surface area contributed by atoms with Crippen LogP contribution in [0.2, 0.25) is 0 Å². The number of ether oxygens (including phenoxy) is 1. The number of carbonyl (C=O) groups is 1. The van der Waals surface area contributed by atoms with Gasteiger partial charge in [0.25, 0.3) is 5.91 Å². The van der Waals surface area contributed by atoms with Gasteiger partial charge >= 0.3 is 0 Å². The van der Waals surface area contributed by atoms with Crippen LogP contribution < -0.4 is 9.64 Å². The summed E-state index contributed by atoms with van der Waals surface area (Å²) < 4.78 is 18.6. The van der Waals surface area contributed by atoms with Gasteiger partial charge in [-0.2, -0.15) is 0 Å². The fraction of sp³-hybridized carbons (Fsp3) is 0.0833. The van der Waals surface area contributed by atoms with E-state index in [2.05, 4.69) is 4.99 Å². The summed E-state index contributed by atoms with van der Waals surface area (Å²) in [6, 6.07) is 21.0. The summed E-state index contributed by atoms with van der Waals surface area (Å²) in [5.74, 6) is 0.576. The van der Waals surface area contributed by atoms with Crippen LogP contribution in [-0.4, -0.2) is 18.9 Å². The van der Waals surface area contributed by atoms with Crippen molar-refractivity contribution in [1.82, 2.24) is 0 Å². The van der Waals surface area contributed by atoms with Crippen LogP contribution in [0.15, 0.2) is 83.5 Å². The van der Waals surface area contributed by atoms with E-state index in [1.807, 2.05) is 55.5 Å². The highest BCUT2D eigenvalue weighted by Gasteiger charge is 2.32. The standard InChI is InChI=1S/C24H19FN2O2/c1-16-3-5-17(6-4-16)15-22-24(28)27(20-11-9-19(25)10-12-20)23(26-22)18-7-13-21(29-2)14-8-18/h3-15H,1-2H3/b22-15+. The van der Waals surface area contributed by atoms with E-state index in [0.717, 1.165) is 16.7 Å². The second-order valence-electron chi connectivity index (χ2n) is 6.72. The molecule has 0 atom stereocenters. The molecule has 0 N–H and O–H groups in total. The van der Waals surface area contributed by atoms with Crippen LogP contribution in [0.1, 0.15) is 16.7 Å². The number of aryl methyl sites for hydroxylation is 1. The van der Waals surface area contributed by atoms with Crippen LogP contribution in [0.5, 0.6) is 5.75 Å². The molecule has 4 nitrogen and oxygen atoms in total. The number of rotatable bonds is 4. The molecule has 0 bridgehead atoms. The maximum Gasteiger partial charge on any atom is 0.282 e. The lowest BCUT2D eigenvalue weighted by Gasteiger charge is -2.18. The minimum atomic E-state index is -0.362. The number of hydrogen-bond acceptors (Lipinski definition) is 3. The predicted octanol–water partition coefficient (Wildman–Crippen LogP) is 4.98. The van der Waals surface area contributed by atoms with Crippen molar-refractivity contribution in [3.8, 4) is 5.75 Å². The van der Waals surface area contributed by atoms with E-state index >= 15 is 0 Å². The minimum Gasteiger partial charge on any atom is -0.497 e. The van der Waals surface area contributed by atoms with Crippen molar-refractivity contribution >= 4 is 23.5 Å². The molecule has 0 unspecified atom stereocenters. The van der Waals surface area contributed by atoms with E-state index in [1.54, 1.807) is 25.3 Å². The summed E-state index contributed by atoms with van der Waals surface area (Å²) in [5.41, 5.74) is 3.66. The van der Waals surface area contributed by atoms with Crippen LogP contribution in [0.4, 0.5) is 10.1 Å². The van der Waals surface area contributed by atoms with Crippen LogP contribution in [-0.2, 0) is 4.79 Å². The molecule has 3 aromatic carbocycles. The third kappa shape index (κ3) is 3.80. The number of benzene rings is 3. The molecular weight excluding hydrogens is 367 g/mol. The number of carbonyl (C=O) groups excluding carboxylic acids is 1. The number of hydrogen-bond donors (Lipinski definition) is 0. The van der Waals surface area contributed by atoms with E-state index in [4.69, 9.17) is 4.74 Å². The summed E-state index contributed by atoms with van der Waals surface area (Å²) in [7, 11) is 1.60. The number of amides is 1. The van der Waals surface area contributed by atoms with Crippen LogP contribution in [0, 0.1) is 12.7 Å². The van der Waals surface area contributed by atoms with Gasteiger partial charge < -0.3 is 4.74 Å². The Morgan fingerprint density at radius 3 is 2.21 bits per heavy atom. The van der Waals surface area contributed by atoms with Gasteiger partial charge in [-0.15, -0.1) is 0 Å². The second-order valence-corrected chi connectivity index (χ2v) is 6.72. The molecule has 0 aliphatic carbocycles. The van der Waals surface area contributed by atoms with Crippen molar-refractivity contribution in [3.05, 3.63) is 101 Å². The molecule has 0 fully saturated rings. The smallest absolute Gasteiger partial charge is 0.282 e. The molecule has 1 aliphatic rings. The Morgan fingerprint density at radius 1 is 0.931 bits per heavy atom. The van der Waals surface area contributed by atoms with Crippen molar-refractivity contribution < 1.29 is 13.9 Å². The molecule has 0 spiro atoms. The van der Waals surface area contributed by atoms with Crippen LogP contribution >= 0.6 is 0 Å². The molecular formula is C24H19FN2O2. The molecule has 0 saturated heterocycles. The average molecular weight is 386 g/mol. The molecule has 3 aromatic rings. The number of amidine groups is 1. The molecule has 1 amide bonds. The quantitative estimate of drug-likeness (QED) is 0.594. The minimum absolute atomic E-state index is 0.261. The number of anilines is 1. The monoisotopic (exact) mass is 386 g/mol. The summed E-state index contributed by atoms with van der Waals surface area (Å²) in [6.07, 6.45) is 1.76. The summed E-state index contributed by atoms with van der Waals surface area (Å²) in [6.45, 7) is 2.01. The van der Waals surface area contributed by atoms with Gasteiger partial charge in [0.1, 0.15) is 23.1 Å². The van der Waals surface area contributed by atoms with E-state index in [1.165, 1.54) is 17.0 Å². The van der Waals surface area contributed by atoms with Gasteiger partial charge in [-0.1, -0.05) is 29.8 Å². The third-order valence-corrected chi connectivity index (χ3v) is 4.67. The fourth-order valence-electron chi connectivity index (χ4n) is 3.10. The average Bonchev–Trinajstić information content (AvgIpc) is 3.06. The molecule has 5 heteroatoms. The van der Waals surface area contributed by atoms with Crippen molar-refractivity contribution in [3.63, 3.8) is 0 Å². The van der Waals surface area contributed by atoms with Gasteiger partial charge in [-0.3, -0.25) is 9.69 Å².